The molecule has 0 spiro atoms. The SMILES string of the molecule is COc1ccccc1C1CNCCN1S(=O)(=O)C(C)C(=O)N(C)C. The van der Waals surface area contributed by atoms with E-state index in [0.717, 1.165) is 5.56 Å². The fourth-order valence-electron chi connectivity index (χ4n) is 2.89. The lowest BCUT2D eigenvalue weighted by Gasteiger charge is -2.37. The topological polar surface area (TPSA) is 79.0 Å². The van der Waals surface area contributed by atoms with E-state index in [4.69, 9.17) is 4.74 Å². The van der Waals surface area contributed by atoms with Gasteiger partial charge in [0.2, 0.25) is 15.9 Å². The lowest BCUT2D eigenvalue weighted by molar-refractivity contribution is -0.128. The van der Waals surface area contributed by atoms with Crippen LogP contribution < -0.4 is 10.1 Å². The van der Waals surface area contributed by atoms with Gasteiger partial charge in [0.25, 0.3) is 0 Å². The maximum atomic E-state index is 13.0. The van der Waals surface area contributed by atoms with Gasteiger partial charge in [-0.25, -0.2) is 8.42 Å². The van der Waals surface area contributed by atoms with E-state index in [2.05, 4.69) is 5.32 Å². The molecule has 0 saturated carbocycles. The van der Waals surface area contributed by atoms with E-state index in [9.17, 15) is 13.2 Å². The number of methoxy groups -OCH3 is 1. The fourth-order valence-corrected chi connectivity index (χ4v) is 4.65. The summed E-state index contributed by atoms with van der Waals surface area (Å²) in [6.45, 7) is 2.78. The highest BCUT2D eigenvalue weighted by Crippen LogP contribution is 2.33. The van der Waals surface area contributed by atoms with Crippen LogP contribution in [-0.4, -0.2) is 69.6 Å². The number of sulfonamides is 1. The summed E-state index contributed by atoms with van der Waals surface area (Å²) in [5.74, 6) is 0.213. The van der Waals surface area contributed by atoms with Crippen molar-refractivity contribution < 1.29 is 17.9 Å². The van der Waals surface area contributed by atoms with Gasteiger partial charge in [0.1, 0.15) is 5.75 Å². The fraction of sp³-hybridized carbons (Fsp3) is 0.562. The second kappa shape index (κ2) is 7.50. The molecule has 7 nitrogen and oxygen atoms in total. The van der Waals surface area contributed by atoms with E-state index >= 15 is 0 Å². The van der Waals surface area contributed by atoms with Gasteiger partial charge >= 0.3 is 0 Å². The van der Waals surface area contributed by atoms with E-state index < -0.39 is 27.2 Å². The molecule has 0 bridgehead atoms. The van der Waals surface area contributed by atoms with Gasteiger partial charge in [-0.2, -0.15) is 4.31 Å². The Balaban J connectivity index is 2.40. The minimum atomic E-state index is -3.78. The van der Waals surface area contributed by atoms with Crippen molar-refractivity contribution in [2.75, 3.05) is 40.8 Å². The zero-order chi connectivity index (χ0) is 17.9. The molecule has 1 saturated heterocycles. The van der Waals surface area contributed by atoms with Crippen molar-refractivity contribution in [1.82, 2.24) is 14.5 Å². The zero-order valence-electron chi connectivity index (χ0n) is 14.5. The van der Waals surface area contributed by atoms with Gasteiger partial charge in [-0.15, -0.1) is 0 Å². The first-order valence-corrected chi connectivity index (χ1v) is 9.36. The van der Waals surface area contributed by atoms with Crippen LogP contribution in [0.5, 0.6) is 5.75 Å². The van der Waals surface area contributed by atoms with Crippen LogP contribution in [0.3, 0.4) is 0 Å². The van der Waals surface area contributed by atoms with Crippen LogP contribution in [0, 0.1) is 0 Å². The van der Waals surface area contributed by atoms with Crippen molar-refractivity contribution in [2.24, 2.45) is 0 Å². The van der Waals surface area contributed by atoms with Crippen LogP contribution >= 0.6 is 0 Å². The summed E-state index contributed by atoms with van der Waals surface area (Å²) in [4.78, 5) is 13.5. The third kappa shape index (κ3) is 3.55. The molecule has 0 aliphatic carbocycles. The highest BCUT2D eigenvalue weighted by molar-refractivity contribution is 7.90. The van der Waals surface area contributed by atoms with Crippen molar-refractivity contribution in [3.8, 4) is 5.75 Å². The molecule has 1 aromatic carbocycles. The molecule has 134 valence electrons. The van der Waals surface area contributed by atoms with Gasteiger partial charge in [-0.3, -0.25) is 4.79 Å². The Morgan fingerprint density at radius 3 is 2.67 bits per heavy atom. The Morgan fingerprint density at radius 2 is 2.04 bits per heavy atom. The van der Waals surface area contributed by atoms with E-state index in [-0.39, 0.29) is 0 Å². The number of carbonyl (C=O) groups excluding carboxylic acids is 1. The van der Waals surface area contributed by atoms with Crippen LogP contribution in [0.1, 0.15) is 18.5 Å². The monoisotopic (exact) mass is 355 g/mol. The number of ether oxygens (including phenoxy) is 1. The van der Waals surface area contributed by atoms with Crippen LogP contribution in [0.4, 0.5) is 0 Å². The van der Waals surface area contributed by atoms with Gasteiger partial charge in [0, 0.05) is 39.3 Å². The van der Waals surface area contributed by atoms with Crippen LogP contribution in [0.25, 0.3) is 0 Å². The molecule has 2 atom stereocenters. The van der Waals surface area contributed by atoms with Gasteiger partial charge < -0.3 is 15.0 Å². The number of benzene rings is 1. The number of piperazine rings is 1. The molecule has 1 fully saturated rings. The Labute approximate surface area is 143 Å². The van der Waals surface area contributed by atoms with Gasteiger partial charge in [0.05, 0.1) is 13.2 Å². The van der Waals surface area contributed by atoms with Crippen molar-refractivity contribution in [2.45, 2.75) is 18.2 Å². The maximum absolute atomic E-state index is 13.0. The number of nitrogens with one attached hydrogen (secondary N) is 1. The molecule has 1 heterocycles. The van der Waals surface area contributed by atoms with E-state index in [0.29, 0.717) is 25.4 Å². The first-order chi connectivity index (χ1) is 11.3. The largest absolute Gasteiger partial charge is 0.496 e. The van der Waals surface area contributed by atoms with E-state index in [1.807, 2.05) is 24.3 Å². The maximum Gasteiger partial charge on any atom is 0.241 e. The Kier molecular flexibility index (Phi) is 5.84. The highest BCUT2D eigenvalue weighted by Gasteiger charge is 2.40. The number of nitrogens with zero attached hydrogens (tertiary/aromatic N) is 2. The molecule has 1 aliphatic heterocycles. The van der Waals surface area contributed by atoms with Gasteiger partial charge in [0.15, 0.2) is 5.25 Å². The number of hydrogen-bond acceptors (Lipinski definition) is 5. The van der Waals surface area contributed by atoms with Crippen LogP contribution in [-0.2, 0) is 14.8 Å². The van der Waals surface area contributed by atoms with Crippen molar-refractivity contribution >= 4 is 15.9 Å². The van der Waals surface area contributed by atoms with Crippen LogP contribution in [0.2, 0.25) is 0 Å². The smallest absolute Gasteiger partial charge is 0.241 e. The van der Waals surface area contributed by atoms with E-state index in [1.165, 1.54) is 16.1 Å². The van der Waals surface area contributed by atoms with Crippen molar-refractivity contribution in [3.63, 3.8) is 0 Å². The number of rotatable bonds is 5. The van der Waals surface area contributed by atoms with Crippen molar-refractivity contribution in [1.29, 1.82) is 0 Å². The summed E-state index contributed by atoms with van der Waals surface area (Å²) in [7, 11) is 0.898. The lowest BCUT2D eigenvalue weighted by atomic mass is 10.0. The normalized spacial score (nSPS) is 20.4. The number of carbonyl (C=O) groups is 1. The van der Waals surface area contributed by atoms with Crippen molar-refractivity contribution in [3.05, 3.63) is 29.8 Å². The molecule has 1 N–H and O–H groups in total. The molecule has 8 heteroatoms. The summed E-state index contributed by atoms with van der Waals surface area (Å²) in [6, 6.07) is 6.96. The summed E-state index contributed by atoms with van der Waals surface area (Å²) in [5, 5.41) is 2.10. The number of para-hydroxylation sites is 1. The second-order valence-corrected chi connectivity index (χ2v) is 8.20. The predicted molar refractivity (Wildman–Crippen MR) is 92.4 cm³/mol. The molecule has 0 radical (unpaired) electrons. The standard InChI is InChI=1S/C16H25N3O4S/c1-12(16(20)18(2)3)24(21,22)19-10-9-17-11-14(19)13-7-5-6-8-15(13)23-4/h5-8,12,14,17H,9-11H2,1-4H3. The molecule has 0 aromatic heterocycles. The summed E-state index contributed by atoms with van der Waals surface area (Å²) in [6.07, 6.45) is 0. The molecule has 1 aromatic rings. The first kappa shape index (κ1) is 18.7. The minimum absolute atomic E-state index is 0.316. The van der Waals surface area contributed by atoms with Crippen LogP contribution in [0.15, 0.2) is 24.3 Å². The van der Waals surface area contributed by atoms with E-state index in [1.54, 1.807) is 21.2 Å². The summed E-state index contributed by atoms with van der Waals surface area (Å²) < 4.78 is 32.9. The number of amides is 1. The number of hydrogen-bond donors (Lipinski definition) is 1. The summed E-state index contributed by atoms with van der Waals surface area (Å²) >= 11 is 0. The minimum Gasteiger partial charge on any atom is -0.496 e. The lowest BCUT2D eigenvalue weighted by Crippen LogP contribution is -2.53. The molecule has 2 rings (SSSR count). The molecule has 2 unspecified atom stereocenters. The second-order valence-electron chi connectivity index (χ2n) is 5.99. The first-order valence-electron chi connectivity index (χ1n) is 7.86. The molecular weight excluding hydrogens is 330 g/mol. The zero-order valence-corrected chi connectivity index (χ0v) is 15.3. The average Bonchev–Trinajstić information content (AvgIpc) is 2.60. The highest BCUT2D eigenvalue weighted by atomic mass is 32.2. The Hall–Kier alpha value is -1.64. The summed E-state index contributed by atoms with van der Waals surface area (Å²) in [5.41, 5.74) is 0.792. The third-order valence-corrected chi connectivity index (χ3v) is 6.44. The third-order valence-electron chi connectivity index (χ3n) is 4.25. The molecular formula is C16H25N3O4S. The Bertz CT molecular complexity index is 690. The van der Waals surface area contributed by atoms with Gasteiger partial charge in [-0.05, 0) is 13.0 Å². The Morgan fingerprint density at radius 1 is 1.38 bits per heavy atom. The molecule has 24 heavy (non-hydrogen) atoms. The molecule has 1 amide bonds. The quantitative estimate of drug-likeness (QED) is 0.830. The predicted octanol–water partition coefficient (Wildman–Crippen LogP) is 0.448. The van der Waals surface area contributed by atoms with Gasteiger partial charge in [-0.1, -0.05) is 18.2 Å². The average molecular weight is 355 g/mol. The molecule has 1 aliphatic rings.